The molecule has 0 spiro atoms. The van der Waals surface area contributed by atoms with Gasteiger partial charge in [0.1, 0.15) is 0 Å². The van der Waals surface area contributed by atoms with Crippen LogP contribution in [0.5, 0.6) is 0 Å². The first-order valence-electron chi connectivity index (χ1n) is 8.00. The van der Waals surface area contributed by atoms with E-state index in [0.29, 0.717) is 0 Å². The lowest BCUT2D eigenvalue weighted by Gasteiger charge is -2.32. The van der Waals surface area contributed by atoms with E-state index < -0.39 is 11.7 Å². The van der Waals surface area contributed by atoms with E-state index in [0.717, 1.165) is 31.7 Å². The lowest BCUT2D eigenvalue weighted by molar-refractivity contribution is -0.142. The summed E-state index contributed by atoms with van der Waals surface area (Å²) in [6.45, 7) is 1.91. The van der Waals surface area contributed by atoms with E-state index in [9.17, 15) is 18.0 Å². The van der Waals surface area contributed by atoms with Gasteiger partial charge in [0, 0.05) is 25.0 Å². The zero-order valence-electron chi connectivity index (χ0n) is 13.3. The molecule has 0 heterocycles. The second kappa shape index (κ2) is 7.34. The van der Waals surface area contributed by atoms with Crippen molar-refractivity contribution in [3.63, 3.8) is 0 Å². The summed E-state index contributed by atoms with van der Waals surface area (Å²) in [7, 11) is 0. The van der Waals surface area contributed by atoms with Crippen LogP contribution in [0.2, 0.25) is 0 Å². The highest BCUT2D eigenvalue weighted by atomic mass is 19.4. The molecule has 1 unspecified atom stereocenters. The van der Waals surface area contributed by atoms with Gasteiger partial charge in [-0.3, -0.25) is 4.79 Å². The first kappa shape index (κ1) is 17.8. The Morgan fingerprint density at radius 3 is 2.48 bits per heavy atom. The molecule has 1 saturated carbocycles. The van der Waals surface area contributed by atoms with Crippen LogP contribution >= 0.6 is 0 Å². The maximum atomic E-state index is 13.2. The largest absolute Gasteiger partial charge is 0.416 e. The van der Waals surface area contributed by atoms with Gasteiger partial charge in [0.05, 0.1) is 5.56 Å². The Morgan fingerprint density at radius 2 is 1.91 bits per heavy atom. The van der Waals surface area contributed by atoms with Crippen molar-refractivity contribution in [1.29, 1.82) is 0 Å². The summed E-state index contributed by atoms with van der Waals surface area (Å²) in [6, 6.07) is 5.48. The highest BCUT2D eigenvalue weighted by molar-refractivity contribution is 5.79. The third-order valence-corrected chi connectivity index (χ3v) is 4.49. The summed E-state index contributed by atoms with van der Waals surface area (Å²) < 4.78 is 39.5. The van der Waals surface area contributed by atoms with E-state index in [1.807, 2.05) is 0 Å². The van der Waals surface area contributed by atoms with Gasteiger partial charge in [-0.05, 0) is 24.5 Å². The fraction of sp³-hybridized carbons (Fsp3) is 0.588. The topological polar surface area (TPSA) is 46.3 Å². The van der Waals surface area contributed by atoms with Crippen LogP contribution in [-0.2, 0) is 17.5 Å². The monoisotopic (exact) mass is 328 g/mol. The van der Waals surface area contributed by atoms with Crippen LogP contribution < -0.4 is 5.73 Å². The molecule has 23 heavy (non-hydrogen) atoms. The summed E-state index contributed by atoms with van der Waals surface area (Å²) in [5, 5.41) is 0. The summed E-state index contributed by atoms with van der Waals surface area (Å²) in [6.07, 6.45) is -0.715. The Hall–Kier alpha value is -1.56. The molecule has 2 N–H and O–H groups in total. The van der Waals surface area contributed by atoms with Crippen molar-refractivity contribution < 1.29 is 18.0 Å². The number of hydrogen-bond donors (Lipinski definition) is 1. The number of alkyl halides is 3. The minimum absolute atomic E-state index is 0.0104. The number of halogens is 3. The second-order valence-electron chi connectivity index (χ2n) is 6.20. The van der Waals surface area contributed by atoms with Crippen molar-refractivity contribution >= 4 is 5.91 Å². The molecule has 0 bridgehead atoms. The van der Waals surface area contributed by atoms with E-state index in [4.69, 9.17) is 5.73 Å². The molecule has 2 rings (SSSR count). The van der Waals surface area contributed by atoms with Crippen molar-refractivity contribution in [2.75, 3.05) is 6.54 Å². The molecule has 1 aromatic rings. The molecule has 1 aromatic carbocycles. The SMILES string of the molecule is CC(CN)C(=O)N(Cc1ccccc1C(F)(F)F)C1CCCC1. The van der Waals surface area contributed by atoms with Gasteiger partial charge in [-0.2, -0.15) is 13.2 Å². The molecule has 1 atom stereocenters. The standard InChI is InChI=1S/C17H23F3N2O/c1-12(10-21)16(23)22(14-7-3-4-8-14)11-13-6-2-5-9-15(13)17(18,19)20/h2,5-6,9,12,14H,3-4,7-8,10-11,21H2,1H3. The number of benzene rings is 1. The Balaban J connectivity index is 2.29. The Bertz CT molecular complexity index is 539. The number of nitrogens with zero attached hydrogens (tertiary/aromatic N) is 1. The van der Waals surface area contributed by atoms with Crippen LogP contribution in [0.3, 0.4) is 0 Å². The van der Waals surface area contributed by atoms with Crippen LogP contribution in [0.15, 0.2) is 24.3 Å². The van der Waals surface area contributed by atoms with Crippen LogP contribution in [0.25, 0.3) is 0 Å². The van der Waals surface area contributed by atoms with Gasteiger partial charge >= 0.3 is 6.18 Å². The molecular formula is C17H23F3N2O. The molecule has 0 aromatic heterocycles. The molecule has 6 heteroatoms. The third kappa shape index (κ3) is 4.25. The lowest BCUT2D eigenvalue weighted by Crippen LogP contribution is -2.43. The van der Waals surface area contributed by atoms with Gasteiger partial charge in [0.25, 0.3) is 0 Å². The molecule has 1 aliphatic carbocycles. The molecule has 0 radical (unpaired) electrons. The molecule has 0 saturated heterocycles. The molecule has 1 aliphatic rings. The number of rotatable bonds is 5. The van der Waals surface area contributed by atoms with Crippen LogP contribution in [0, 0.1) is 5.92 Å². The highest BCUT2D eigenvalue weighted by Gasteiger charge is 2.35. The number of nitrogens with two attached hydrogens (primary N) is 1. The molecule has 1 fully saturated rings. The van der Waals surface area contributed by atoms with Gasteiger partial charge in [0.2, 0.25) is 5.91 Å². The van der Waals surface area contributed by atoms with Crippen molar-refractivity contribution in [1.82, 2.24) is 4.90 Å². The first-order valence-corrected chi connectivity index (χ1v) is 8.00. The van der Waals surface area contributed by atoms with E-state index in [1.165, 1.54) is 12.1 Å². The first-order chi connectivity index (χ1) is 10.8. The summed E-state index contributed by atoms with van der Waals surface area (Å²) in [4.78, 5) is 14.2. The molecule has 3 nitrogen and oxygen atoms in total. The number of carbonyl (C=O) groups is 1. The van der Waals surface area contributed by atoms with Crippen molar-refractivity contribution in [3.05, 3.63) is 35.4 Å². The highest BCUT2D eigenvalue weighted by Crippen LogP contribution is 2.34. The van der Waals surface area contributed by atoms with Crippen LogP contribution in [-0.4, -0.2) is 23.4 Å². The van der Waals surface area contributed by atoms with Gasteiger partial charge in [-0.15, -0.1) is 0 Å². The van der Waals surface area contributed by atoms with E-state index in [-0.39, 0.29) is 36.5 Å². The Morgan fingerprint density at radius 1 is 1.30 bits per heavy atom. The van der Waals surface area contributed by atoms with E-state index in [1.54, 1.807) is 17.9 Å². The molecule has 0 aliphatic heterocycles. The van der Waals surface area contributed by atoms with Gasteiger partial charge in [-0.1, -0.05) is 38.0 Å². The Kier molecular flexibility index (Phi) is 5.68. The number of carbonyl (C=O) groups excluding carboxylic acids is 1. The van der Waals surface area contributed by atoms with Crippen LogP contribution in [0.4, 0.5) is 13.2 Å². The number of hydrogen-bond acceptors (Lipinski definition) is 2. The fourth-order valence-electron chi connectivity index (χ4n) is 3.11. The maximum Gasteiger partial charge on any atom is 0.416 e. The maximum absolute atomic E-state index is 13.2. The molecule has 1 amide bonds. The second-order valence-corrected chi connectivity index (χ2v) is 6.20. The Labute approximate surface area is 134 Å². The fourth-order valence-corrected chi connectivity index (χ4v) is 3.11. The normalized spacial score (nSPS) is 17.3. The summed E-state index contributed by atoms with van der Waals surface area (Å²) >= 11 is 0. The smallest absolute Gasteiger partial charge is 0.335 e. The summed E-state index contributed by atoms with van der Waals surface area (Å²) in [5.41, 5.74) is 5.05. The van der Waals surface area contributed by atoms with Gasteiger partial charge in [-0.25, -0.2) is 0 Å². The minimum atomic E-state index is -4.42. The van der Waals surface area contributed by atoms with Crippen molar-refractivity contribution in [2.45, 2.75) is 51.4 Å². The predicted molar refractivity (Wildman–Crippen MR) is 82.5 cm³/mol. The predicted octanol–water partition coefficient (Wildman–Crippen LogP) is 3.57. The molecule has 128 valence electrons. The summed E-state index contributed by atoms with van der Waals surface area (Å²) in [5.74, 6) is -0.537. The zero-order chi connectivity index (χ0) is 17.0. The van der Waals surface area contributed by atoms with Gasteiger partial charge in [0.15, 0.2) is 0 Å². The zero-order valence-corrected chi connectivity index (χ0v) is 13.3. The van der Waals surface area contributed by atoms with Crippen LogP contribution in [0.1, 0.15) is 43.7 Å². The third-order valence-electron chi connectivity index (χ3n) is 4.49. The average Bonchev–Trinajstić information content (AvgIpc) is 3.04. The van der Waals surface area contributed by atoms with Crippen molar-refractivity contribution in [3.8, 4) is 0 Å². The lowest BCUT2D eigenvalue weighted by atomic mass is 10.0. The quantitative estimate of drug-likeness (QED) is 0.898. The van der Waals surface area contributed by atoms with E-state index in [2.05, 4.69) is 0 Å². The number of amides is 1. The molecular weight excluding hydrogens is 305 g/mol. The van der Waals surface area contributed by atoms with E-state index >= 15 is 0 Å². The van der Waals surface area contributed by atoms with Gasteiger partial charge < -0.3 is 10.6 Å². The average molecular weight is 328 g/mol. The van der Waals surface area contributed by atoms with Crippen molar-refractivity contribution in [2.24, 2.45) is 11.7 Å². The minimum Gasteiger partial charge on any atom is -0.335 e.